The van der Waals surface area contributed by atoms with Crippen molar-refractivity contribution in [2.75, 3.05) is 22.9 Å². The molecule has 0 bridgehead atoms. The molecular weight excluding hydrogens is 517 g/mol. The fourth-order valence-corrected chi connectivity index (χ4v) is 5.52. The number of aliphatic carboxylic acids is 1. The molecule has 0 radical (unpaired) electrons. The fraction of sp³-hybridized carbons (Fsp3) is 0.452. The largest absolute Gasteiger partial charge is 0.490 e. The van der Waals surface area contributed by atoms with Gasteiger partial charge >= 0.3 is 12.1 Å². The first-order valence-electron chi connectivity index (χ1n) is 13.7. The molecule has 1 aliphatic heterocycles. The summed E-state index contributed by atoms with van der Waals surface area (Å²) in [4.78, 5) is 24.1. The van der Waals surface area contributed by atoms with Crippen LogP contribution in [0.15, 0.2) is 42.5 Å². The molecule has 0 amide bonds. The first-order valence-corrected chi connectivity index (χ1v) is 13.7. The maximum Gasteiger partial charge on any atom is 0.490 e. The molecule has 6 nitrogen and oxygen atoms in total. The minimum Gasteiger partial charge on any atom is -0.475 e. The molecule has 1 aliphatic rings. The van der Waals surface area contributed by atoms with E-state index in [9.17, 15) is 13.2 Å². The lowest BCUT2D eigenvalue weighted by atomic mass is 10.0. The van der Waals surface area contributed by atoms with E-state index in [1.165, 1.54) is 46.3 Å². The second-order valence-corrected chi connectivity index (χ2v) is 10.2. The lowest BCUT2D eigenvalue weighted by Gasteiger charge is -2.34. The van der Waals surface area contributed by atoms with Crippen LogP contribution in [-0.2, 0) is 11.2 Å². The molecule has 1 N–H and O–H groups in total. The van der Waals surface area contributed by atoms with Crippen LogP contribution in [0.3, 0.4) is 0 Å². The highest BCUT2D eigenvalue weighted by atomic mass is 19.4. The summed E-state index contributed by atoms with van der Waals surface area (Å²) in [6.07, 6.45) is -0.610. The number of hydrogen-bond acceptors (Lipinski definition) is 5. The molecular formula is C31H39F3N4O2. The number of alkyl halides is 3. The highest BCUT2D eigenvalue weighted by Gasteiger charge is 2.38. The Morgan fingerprint density at radius 3 is 2.15 bits per heavy atom. The van der Waals surface area contributed by atoms with Crippen LogP contribution in [0.1, 0.15) is 72.7 Å². The number of benzene rings is 2. The summed E-state index contributed by atoms with van der Waals surface area (Å²) in [5.74, 6) is -0.808. The van der Waals surface area contributed by atoms with Gasteiger partial charge in [-0.1, -0.05) is 55.0 Å². The number of aryl methyl sites for hydroxylation is 4. The van der Waals surface area contributed by atoms with Crippen molar-refractivity contribution in [2.45, 2.75) is 79.4 Å². The molecule has 2 heterocycles. The van der Waals surface area contributed by atoms with Gasteiger partial charge in [-0.15, -0.1) is 0 Å². The van der Waals surface area contributed by atoms with Gasteiger partial charge in [-0.25, -0.2) is 9.78 Å². The number of hydrogen-bond donors (Lipinski definition) is 1. The lowest BCUT2D eigenvalue weighted by molar-refractivity contribution is -0.192. The number of aromatic nitrogens is 2. The third-order valence-corrected chi connectivity index (χ3v) is 7.18. The lowest BCUT2D eigenvalue weighted by Crippen LogP contribution is -2.31. The van der Waals surface area contributed by atoms with Gasteiger partial charge in [0.2, 0.25) is 5.95 Å². The Labute approximate surface area is 234 Å². The quantitative estimate of drug-likeness (QED) is 0.334. The van der Waals surface area contributed by atoms with Crippen LogP contribution >= 0.6 is 0 Å². The summed E-state index contributed by atoms with van der Waals surface area (Å²) < 4.78 is 31.7. The first-order chi connectivity index (χ1) is 18.9. The highest BCUT2D eigenvalue weighted by Crippen LogP contribution is 2.38. The number of nitrogens with zero attached hydrogens (tertiary/aromatic N) is 4. The van der Waals surface area contributed by atoms with Crippen LogP contribution in [0.5, 0.6) is 0 Å². The Kier molecular flexibility index (Phi) is 10.2. The van der Waals surface area contributed by atoms with Gasteiger partial charge in [-0.05, 0) is 77.0 Å². The van der Waals surface area contributed by atoms with Crippen LogP contribution in [0.4, 0.5) is 30.6 Å². The van der Waals surface area contributed by atoms with Crippen molar-refractivity contribution in [1.82, 2.24) is 9.97 Å². The molecule has 9 heteroatoms. The van der Waals surface area contributed by atoms with E-state index in [0.717, 1.165) is 43.4 Å². The van der Waals surface area contributed by atoms with Crippen molar-refractivity contribution in [3.8, 4) is 0 Å². The van der Waals surface area contributed by atoms with Gasteiger partial charge in [0.25, 0.3) is 0 Å². The predicted octanol–water partition coefficient (Wildman–Crippen LogP) is 7.80. The average Bonchev–Trinajstić information content (AvgIpc) is 3.10. The van der Waals surface area contributed by atoms with Gasteiger partial charge < -0.3 is 14.9 Å². The molecule has 1 unspecified atom stereocenters. The Morgan fingerprint density at radius 2 is 1.62 bits per heavy atom. The molecule has 1 atom stereocenters. The zero-order chi connectivity index (χ0) is 29.6. The summed E-state index contributed by atoms with van der Waals surface area (Å²) in [7, 11) is 0. The van der Waals surface area contributed by atoms with E-state index in [-0.39, 0.29) is 0 Å². The topological polar surface area (TPSA) is 69.6 Å². The van der Waals surface area contributed by atoms with Gasteiger partial charge in [-0.3, -0.25) is 0 Å². The number of anilines is 3. The van der Waals surface area contributed by atoms with Crippen LogP contribution < -0.4 is 9.80 Å². The summed E-state index contributed by atoms with van der Waals surface area (Å²) in [5.41, 5.74) is 8.88. The Bertz CT molecular complexity index is 1290. The van der Waals surface area contributed by atoms with E-state index in [2.05, 4.69) is 93.8 Å². The zero-order valence-electron chi connectivity index (χ0n) is 24.1. The number of halogens is 3. The van der Waals surface area contributed by atoms with E-state index in [0.29, 0.717) is 6.04 Å². The summed E-state index contributed by atoms with van der Waals surface area (Å²) >= 11 is 0. The van der Waals surface area contributed by atoms with Crippen molar-refractivity contribution in [3.05, 3.63) is 76.0 Å². The number of carbonyl (C=O) groups is 1. The monoisotopic (exact) mass is 556 g/mol. The normalized spacial score (nSPS) is 14.0. The number of carboxylic acids is 1. The molecule has 1 aromatic heterocycles. The maximum absolute atomic E-state index is 10.6. The smallest absolute Gasteiger partial charge is 0.475 e. The molecule has 2 aromatic carbocycles. The minimum atomic E-state index is -5.08. The van der Waals surface area contributed by atoms with E-state index in [4.69, 9.17) is 19.9 Å². The molecule has 4 rings (SSSR count). The second-order valence-electron chi connectivity index (χ2n) is 10.2. The number of carboxylic acid groups (broad SMARTS) is 1. The van der Waals surface area contributed by atoms with Gasteiger partial charge in [0, 0.05) is 30.0 Å². The highest BCUT2D eigenvalue weighted by molar-refractivity contribution is 5.73. The molecule has 0 aliphatic carbocycles. The van der Waals surface area contributed by atoms with Crippen molar-refractivity contribution in [3.63, 3.8) is 0 Å². The van der Waals surface area contributed by atoms with E-state index >= 15 is 0 Å². The molecule has 0 fully saturated rings. The van der Waals surface area contributed by atoms with Crippen LogP contribution in [0.2, 0.25) is 0 Å². The molecule has 0 saturated carbocycles. The standard InChI is InChI=1S/C29H38N4.C2HF3O2/c1-7-26(24-14-10-9-11-15-24)33-17-13-12-16-25-23(6)30-29(31-28(25)33)32(8-2)27-21(4)18-20(3)19-22(27)5;3-2(4,5)1(6)7/h9-11,14-15,18-19,26H,7-8,12-13,16-17H2,1-6H3;(H,6,7). The summed E-state index contributed by atoms with van der Waals surface area (Å²) in [6, 6.07) is 15.7. The van der Waals surface area contributed by atoms with E-state index in [1.54, 1.807) is 0 Å². The SMILES string of the molecule is CCC(c1ccccc1)N1CCCCc2c(C)nc(N(CC)c3c(C)cc(C)cc3C)nc21.O=C(O)C(F)(F)F. The van der Waals surface area contributed by atoms with Gasteiger partial charge in [0.15, 0.2) is 0 Å². The second kappa shape index (κ2) is 13.2. The molecule has 3 aromatic rings. The molecule has 0 saturated heterocycles. The third-order valence-electron chi connectivity index (χ3n) is 7.18. The zero-order valence-corrected chi connectivity index (χ0v) is 24.1. The average molecular weight is 557 g/mol. The van der Waals surface area contributed by atoms with Crippen molar-refractivity contribution >= 4 is 23.4 Å². The van der Waals surface area contributed by atoms with Crippen LogP contribution in [0.25, 0.3) is 0 Å². The minimum absolute atomic E-state index is 0.322. The van der Waals surface area contributed by atoms with Gasteiger partial charge in [-0.2, -0.15) is 18.2 Å². The Hall–Kier alpha value is -3.62. The number of rotatable bonds is 6. The summed E-state index contributed by atoms with van der Waals surface area (Å²) in [5, 5.41) is 7.12. The van der Waals surface area contributed by atoms with Crippen molar-refractivity contribution in [1.29, 1.82) is 0 Å². The van der Waals surface area contributed by atoms with Crippen molar-refractivity contribution < 1.29 is 23.1 Å². The number of fused-ring (bicyclic) bond motifs is 1. The summed E-state index contributed by atoms with van der Waals surface area (Å²) in [6.45, 7) is 15.1. The van der Waals surface area contributed by atoms with Crippen LogP contribution in [0, 0.1) is 27.7 Å². The van der Waals surface area contributed by atoms with Gasteiger partial charge in [0.1, 0.15) is 5.82 Å². The Balaban J connectivity index is 0.000000559. The van der Waals surface area contributed by atoms with Crippen molar-refractivity contribution in [2.24, 2.45) is 0 Å². The fourth-order valence-electron chi connectivity index (χ4n) is 5.52. The van der Waals surface area contributed by atoms with E-state index < -0.39 is 12.1 Å². The predicted molar refractivity (Wildman–Crippen MR) is 154 cm³/mol. The third kappa shape index (κ3) is 7.11. The van der Waals surface area contributed by atoms with E-state index in [1.807, 2.05) is 0 Å². The maximum atomic E-state index is 10.6. The first kappa shape index (κ1) is 30.9. The molecule has 40 heavy (non-hydrogen) atoms. The molecule has 0 spiro atoms. The molecule has 216 valence electrons. The van der Waals surface area contributed by atoms with Crippen LogP contribution in [-0.4, -0.2) is 40.3 Å². The van der Waals surface area contributed by atoms with Gasteiger partial charge in [0.05, 0.1) is 6.04 Å². The Morgan fingerprint density at radius 1 is 1.02 bits per heavy atom.